The van der Waals surface area contributed by atoms with Gasteiger partial charge < -0.3 is 4.74 Å². The molecule has 1 N–H and O–H groups in total. The Bertz CT molecular complexity index is 505. The van der Waals surface area contributed by atoms with Crippen molar-refractivity contribution in [3.63, 3.8) is 0 Å². The van der Waals surface area contributed by atoms with Gasteiger partial charge in [-0.25, -0.2) is 4.98 Å². The summed E-state index contributed by atoms with van der Waals surface area (Å²) in [6, 6.07) is 8.08. The molecule has 1 atom stereocenters. The minimum Gasteiger partial charge on any atom is -0.484 e. The van der Waals surface area contributed by atoms with Gasteiger partial charge in [-0.05, 0) is 24.4 Å². The number of aromatic nitrogens is 1. The van der Waals surface area contributed by atoms with Crippen molar-refractivity contribution in [2.75, 3.05) is 13.2 Å². The standard InChI is InChI=1S/C11H10N2OS2/c15-11-9(12-5-6-14-11)10-13-7-3-1-2-4-8(7)16-10/h1-4,9,12H,5-6H2. The number of thiazole rings is 1. The van der Waals surface area contributed by atoms with E-state index in [-0.39, 0.29) is 6.04 Å². The summed E-state index contributed by atoms with van der Waals surface area (Å²) in [5.41, 5.74) is 1.03. The highest BCUT2D eigenvalue weighted by atomic mass is 32.1. The molecule has 3 nitrogen and oxygen atoms in total. The molecule has 0 radical (unpaired) electrons. The van der Waals surface area contributed by atoms with E-state index in [0.717, 1.165) is 17.1 Å². The molecule has 0 spiro atoms. The third-order valence-electron chi connectivity index (χ3n) is 2.49. The summed E-state index contributed by atoms with van der Waals surface area (Å²) in [6.45, 7) is 1.47. The van der Waals surface area contributed by atoms with Crippen LogP contribution in [0, 0.1) is 0 Å². The van der Waals surface area contributed by atoms with Crippen molar-refractivity contribution in [1.29, 1.82) is 0 Å². The number of ether oxygens (including phenoxy) is 1. The zero-order chi connectivity index (χ0) is 11.0. The molecule has 0 bridgehead atoms. The first-order chi connectivity index (χ1) is 7.84. The molecule has 1 saturated heterocycles. The fourth-order valence-electron chi connectivity index (χ4n) is 1.72. The van der Waals surface area contributed by atoms with Gasteiger partial charge in [-0.1, -0.05) is 12.1 Å². The number of hydrogen-bond acceptors (Lipinski definition) is 5. The number of thiocarbonyl (C=S) groups is 1. The van der Waals surface area contributed by atoms with Gasteiger partial charge in [0, 0.05) is 6.54 Å². The maximum absolute atomic E-state index is 5.38. The van der Waals surface area contributed by atoms with E-state index in [9.17, 15) is 0 Å². The van der Waals surface area contributed by atoms with Crippen LogP contribution in [0.1, 0.15) is 11.0 Å². The van der Waals surface area contributed by atoms with E-state index in [0.29, 0.717) is 11.7 Å². The van der Waals surface area contributed by atoms with E-state index in [2.05, 4.69) is 16.4 Å². The summed E-state index contributed by atoms with van der Waals surface area (Å²) in [6.07, 6.45) is 0. The molecule has 1 fully saturated rings. The van der Waals surface area contributed by atoms with Crippen molar-refractivity contribution in [3.05, 3.63) is 29.3 Å². The molecule has 0 amide bonds. The van der Waals surface area contributed by atoms with Crippen LogP contribution in [0.3, 0.4) is 0 Å². The van der Waals surface area contributed by atoms with Gasteiger partial charge in [0.25, 0.3) is 0 Å². The van der Waals surface area contributed by atoms with Gasteiger partial charge >= 0.3 is 0 Å². The molecule has 5 heteroatoms. The van der Waals surface area contributed by atoms with Crippen molar-refractivity contribution >= 4 is 38.8 Å². The normalized spacial score (nSPS) is 21.0. The summed E-state index contributed by atoms with van der Waals surface area (Å²) in [5.74, 6) is 0. The molecule has 3 rings (SSSR count). The highest BCUT2D eigenvalue weighted by molar-refractivity contribution is 7.80. The van der Waals surface area contributed by atoms with Gasteiger partial charge in [0.2, 0.25) is 0 Å². The zero-order valence-corrected chi connectivity index (χ0v) is 10.1. The molecule has 2 aromatic rings. The Kier molecular flexibility index (Phi) is 2.59. The minimum atomic E-state index is -0.0267. The number of rotatable bonds is 1. The molecule has 82 valence electrons. The van der Waals surface area contributed by atoms with Crippen LogP contribution in [0.25, 0.3) is 10.2 Å². The maximum atomic E-state index is 5.38. The summed E-state index contributed by atoms with van der Waals surface area (Å²) in [7, 11) is 0. The lowest BCUT2D eigenvalue weighted by Gasteiger charge is -2.23. The predicted octanol–water partition coefficient (Wildman–Crippen LogP) is 2.28. The molecule has 1 aliphatic heterocycles. The number of benzene rings is 1. The highest BCUT2D eigenvalue weighted by Crippen LogP contribution is 2.28. The predicted molar refractivity (Wildman–Crippen MR) is 68.9 cm³/mol. The third-order valence-corrected chi connectivity index (χ3v) is 3.94. The fourth-order valence-corrected chi connectivity index (χ4v) is 3.12. The monoisotopic (exact) mass is 250 g/mol. The van der Waals surface area contributed by atoms with E-state index in [1.165, 1.54) is 4.70 Å². The number of nitrogens with one attached hydrogen (secondary N) is 1. The molecule has 1 aromatic carbocycles. The second kappa shape index (κ2) is 4.08. The first-order valence-electron chi connectivity index (χ1n) is 5.10. The third kappa shape index (κ3) is 1.71. The molecule has 1 aromatic heterocycles. The maximum Gasteiger partial charge on any atom is 0.183 e. The summed E-state index contributed by atoms with van der Waals surface area (Å²) in [4.78, 5) is 4.58. The smallest absolute Gasteiger partial charge is 0.183 e. The Hall–Kier alpha value is -1.04. The Balaban J connectivity index is 2.01. The lowest BCUT2D eigenvalue weighted by atomic mass is 10.3. The summed E-state index contributed by atoms with van der Waals surface area (Å²) >= 11 is 6.86. The van der Waals surface area contributed by atoms with E-state index in [1.54, 1.807) is 11.3 Å². The SMILES string of the molecule is S=C1OCCNC1c1nc2ccccc2s1. The minimum absolute atomic E-state index is 0.0267. The van der Waals surface area contributed by atoms with Crippen molar-refractivity contribution in [1.82, 2.24) is 10.3 Å². The van der Waals surface area contributed by atoms with Crippen molar-refractivity contribution < 1.29 is 4.74 Å². The van der Waals surface area contributed by atoms with Crippen LogP contribution in [0.5, 0.6) is 0 Å². The summed E-state index contributed by atoms with van der Waals surface area (Å²) in [5, 5.41) is 4.92. The molecule has 0 saturated carbocycles. The van der Waals surface area contributed by atoms with Crippen LogP contribution in [-0.2, 0) is 4.74 Å². The van der Waals surface area contributed by atoms with E-state index < -0.39 is 0 Å². The van der Waals surface area contributed by atoms with Crippen molar-refractivity contribution in [2.24, 2.45) is 0 Å². The Morgan fingerprint density at radius 3 is 3.12 bits per heavy atom. The number of hydrogen-bond donors (Lipinski definition) is 1. The zero-order valence-electron chi connectivity index (χ0n) is 8.47. The molecule has 16 heavy (non-hydrogen) atoms. The van der Waals surface area contributed by atoms with Crippen LogP contribution in [0.15, 0.2) is 24.3 Å². The van der Waals surface area contributed by atoms with Crippen LogP contribution in [0.2, 0.25) is 0 Å². The Labute approximate surface area is 102 Å². The van der Waals surface area contributed by atoms with Gasteiger partial charge in [0.05, 0.1) is 10.2 Å². The molecular formula is C11H10N2OS2. The number of nitrogens with zero attached hydrogens (tertiary/aromatic N) is 1. The molecular weight excluding hydrogens is 240 g/mol. The molecule has 1 aliphatic rings. The van der Waals surface area contributed by atoms with Crippen LogP contribution in [0.4, 0.5) is 0 Å². The Morgan fingerprint density at radius 1 is 1.44 bits per heavy atom. The fraction of sp³-hybridized carbons (Fsp3) is 0.273. The molecule has 2 heterocycles. The van der Waals surface area contributed by atoms with Gasteiger partial charge in [-0.15, -0.1) is 11.3 Å². The van der Waals surface area contributed by atoms with Gasteiger partial charge in [-0.2, -0.15) is 0 Å². The van der Waals surface area contributed by atoms with Crippen LogP contribution < -0.4 is 5.32 Å². The van der Waals surface area contributed by atoms with E-state index in [1.807, 2.05) is 18.2 Å². The lowest BCUT2D eigenvalue weighted by molar-refractivity contribution is 0.257. The van der Waals surface area contributed by atoms with Crippen LogP contribution >= 0.6 is 23.6 Å². The Morgan fingerprint density at radius 2 is 2.31 bits per heavy atom. The number of para-hydroxylation sites is 1. The number of morpholine rings is 1. The first-order valence-corrected chi connectivity index (χ1v) is 6.32. The lowest BCUT2D eigenvalue weighted by Crippen LogP contribution is -2.37. The topological polar surface area (TPSA) is 34.1 Å². The average Bonchev–Trinajstić information content (AvgIpc) is 2.73. The van der Waals surface area contributed by atoms with Gasteiger partial charge in [-0.3, -0.25) is 5.32 Å². The van der Waals surface area contributed by atoms with Gasteiger partial charge in [0.15, 0.2) is 5.05 Å². The largest absolute Gasteiger partial charge is 0.484 e. The van der Waals surface area contributed by atoms with E-state index >= 15 is 0 Å². The second-order valence-corrected chi connectivity index (χ2v) is 5.04. The quantitative estimate of drug-likeness (QED) is 0.787. The number of fused-ring (bicyclic) bond motifs is 1. The van der Waals surface area contributed by atoms with E-state index in [4.69, 9.17) is 17.0 Å². The van der Waals surface area contributed by atoms with Crippen LogP contribution in [-0.4, -0.2) is 23.2 Å². The highest BCUT2D eigenvalue weighted by Gasteiger charge is 2.24. The second-order valence-electron chi connectivity index (χ2n) is 3.57. The van der Waals surface area contributed by atoms with Crippen molar-refractivity contribution in [2.45, 2.75) is 6.04 Å². The first kappa shape index (κ1) is 10.1. The summed E-state index contributed by atoms with van der Waals surface area (Å²) < 4.78 is 6.56. The van der Waals surface area contributed by atoms with Crippen molar-refractivity contribution in [3.8, 4) is 0 Å². The molecule has 1 unspecified atom stereocenters. The molecule has 0 aliphatic carbocycles. The average molecular weight is 250 g/mol. The van der Waals surface area contributed by atoms with Gasteiger partial charge in [0.1, 0.15) is 17.7 Å².